The molecule has 3 aromatic rings. The standard InChI is InChI=1S/C28H32F2N4O4S/c1-39(36,37)23-13-18(16-5-4-6-16)10-11-20(23)32-21-14-19(15-22(35)17-8-9-17)31-27-25(21)33-28(26(29)30)34(27)24-7-2-3-12-38-24/h10-11,13-14,16-17,24,26H,2-9,12,15H2,1H3,(H,31,32). The Hall–Kier alpha value is -2.92. The van der Waals surface area contributed by atoms with Crippen LogP contribution in [0.25, 0.3) is 11.2 Å². The van der Waals surface area contributed by atoms with E-state index >= 15 is 0 Å². The molecule has 3 aliphatic rings. The van der Waals surface area contributed by atoms with Gasteiger partial charge < -0.3 is 10.1 Å². The first-order valence-electron chi connectivity index (χ1n) is 13.6. The van der Waals surface area contributed by atoms with Crippen LogP contribution >= 0.6 is 0 Å². The normalized spacial score (nSPS) is 20.4. The Kier molecular flexibility index (Phi) is 6.91. The number of rotatable bonds is 9. The summed E-state index contributed by atoms with van der Waals surface area (Å²) in [7, 11) is -3.61. The number of hydrogen-bond donors (Lipinski definition) is 1. The first kappa shape index (κ1) is 26.3. The second-order valence-corrected chi connectivity index (χ2v) is 13.0. The number of anilines is 2. The Labute approximate surface area is 226 Å². The Morgan fingerprint density at radius 2 is 1.87 bits per heavy atom. The number of Topliss-reactive ketones (excluding diaryl/α,β-unsaturated/α-hetero) is 1. The van der Waals surface area contributed by atoms with Gasteiger partial charge in [-0.05, 0) is 74.6 Å². The van der Waals surface area contributed by atoms with Gasteiger partial charge in [-0.15, -0.1) is 0 Å². The molecule has 0 spiro atoms. The molecule has 0 amide bonds. The smallest absolute Gasteiger partial charge is 0.295 e. The predicted octanol–water partition coefficient (Wildman–Crippen LogP) is 6.00. The minimum Gasteiger partial charge on any atom is -0.358 e. The van der Waals surface area contributed by atoms with Crippen LogP contribution in [-0.4, -0.2) is 41.6 Å². The van der Waals surface area contributed by atoms with Gasteiger partial charge in [0, 0.05) is 25.2 Å². The van der Waals surface area contributed by atoms with E-state index < -0.39 is 28.3 Å². The number of carbonyl (C=O) groups excluding carboxylic acids is 1. The molecule has 0 radical (unpaired) electrons. The summed E-state index contributed by atoms with van der Waals surface area (Å²) in [4.78, 5) is 21.8. The number of alkyl halides is 2. The number of ketones is 1. The summed E-state index contributed by atoms with van der Waals surface area (Å²) in [6.07, 6.45) is 4.78. The molecule has 1 atom stereocenters. The number of benzene rings is 1. The van der Waals surface area contributed by atoms with E-state index in [4.69, 9.17) is 4.74 Å². The lowest BCUT2D eigenvalue weighted by Gasteiger charge is -2.26. The number of pyridine rings is 1. The topological polar surface area (TPSA) is 103 Å². The van der Waals surface area contributed by atoms with Gasteiger partial charge in [0.25, 0.3) is 6.43 Å². The molecule has 6 rings (SSSR count). The number of ether oxygens (including phenoxy) is 1. The van der Waals surface area contributed by atoms with Crippen molar-refractivity contribution in [2.24, 2.45) is 5.92 Å². The van der Waals surface area contributed by atoms with E-state index in [2.05, 4.69) is 15.3 Å². The van der Waals surface area contributed by atoms with Crippen molar-refractivity contribution in [1.82, 2.24) is 14.5 Å². The number of sulfone groups is 1. The summed E-state index contributed by atoms with van der Waals surface area (Å²) in [5, 5.41) is 3.17. The van der Waals surface area contributed by atoms with Gasteiger partial charge in [-0.1, -0.05) is 12.5 Å². The third kappa shape index (κ3) is 5.30. The van der Waals surface area contributed by atoms with Crippen LogP contribution < -0.4 is 5.32 Å². The Morgan fingerprint density at radius 3 is 2.49 bits per heavy atom. The van der Waals surface area contributed by atoms with Crippen LogP contribution in [0.1, 0.15) is 87.0 Å². The van der Waals surface area contributed by atoms with Gasteiger partial charge in [0.05, 0.1) is 22.0 Å². The lowest BCUT2D eigenvalue weighted by Crippen LogP contribution is -2.21. The molecule has 11 heteroatoms. The zero-order valence-electron chi connectivity index (χ0n) is 21.8. The Balaban J connectivity index is 1.49. The van der Waals surface area contributed by atoms with E-state index in [1.165, 1.54) is 4.57 Å². The summed E-state index contributed by atoms with van der Waals surface area (Å²) >= 11 is 0. The highest BCUT2D eigenvalue weighted by Gasteiger charge is 2.32. The number of halogens is 2. The van der Waals surface area contributed by atoms with Gasteiger partial charge in [-0.3, -0.25) is 9.36 Å². The van der Waals surface area contributed by atoms with Crippen LogP contribution in [0.4, 0.5) is 20.2 Å². The molecule has 39 heavy (non-hydrogen) atoms. The van der Waals surface area contributed by atoms with E-state index in [1.54, 1.807) is 18.2 Å². The minimum atomic E-state index is -3.61. The number of nitrogens with one attached hydrogen (secondary N) is 1. The molecule has 3 heterocycles. The van der Waals surface area contributed by atoms with Crippen molar-refractivity contribution in [3.05, 3.63) is 41.3 Å². The quantitative estimate of drug-likeness (QED) is 0.343. The lowest BCUT2D eigenvalue weighted by molar-refractivity contribution is -0.119. The number of hydrogen-bond acceptors (Lipinski definition) is 7. The van der Waals surface area contributed by atoms with Gasteiger partial charge in [-0.25, -0.2) is 27.2 Å². The number of aromatic nitrogens is 3. The van der Waals surface area contributed by atoms with E-state index in [1.807, 2.05) is 6.07 Å². The molecule has 8 nitrogen and oxygen atoms in total. The van der Waals surface area contributed by atoms with Crippen molar-refractivity contribution < 1.29 is 26.7 Å². The average molecular weight is 559 g/mol. The van der Waals surface area contributed by atoms with E-state index in [9.17, 15) is 22.0 Å². The Morgan fingerprint density at radius 1 is 1.08 bits per heavy atom. The van der Waals surface area contributed by atoms with Crippen LogP contribution in [0.5, 0.6) is 0 Å². The average Bonchev–Trinajstić information content (AvgIpc) is 3.64. The molecular formula is C28H32F2N4O4S. The maximum atomic E-state index is 14.3. The van der Waals surface area contributed by atoms with E-state index in [-0.39, 0.29) is 34.2 Å². The predicted molar refractivity (Wildman–Crippen MR) is 142 cm³/mol. The zero-order chi connectivity index (χ0) is 27.3. The van der Waals surface area contributed by atoms with E-state index in [0.29, 0.717) is 36.0 Å². The van der Waals surface area contributed by atoms with Gasteiger partial charge in [-0.2, -0.15) is 0 Å². The molecular weight excluding hydrogens is 526 g/mol. The third-order valence-corrected chi connectivity index (χ3v) is 9.14. The molecule has 0 bridgehead atoms. The van der Waals surface area contributed by atoms with Crippen molar-refractivity contribution in [3.8, 4) is 0 Å². The van der Waals surface area contributed by atoms with Gasteiger partial charge in [0.15, 0.2) is 21.3 Å². The van der Waals surface area contributed by atoms with Gasteiger partial charge in [0.2, 0.25) is 0 Å². The maximum Gasteiger partial charge on any atom is 0.295 e. The molecule has 2 aromatic heterocycles. The maximum absolute atomic E-state index is 14.3. The van der Waals surface area contributed by atoms with Crippen LogP contribution in [0.15, 0.2) is 29.2 Å². The van der Waals surface area contributed by atoms with Crippen molar-refractivity contribution in [2.45, 2.75) is 81.3 Å². The van der Waals surface area contributed by atoms with Gasteiger partial charge >= 0.3 is 0 Å². The summed E-state index contributed by atoms with van der Waals surface area (Å²) in [5.74, 6) is -0.0460. The third-order valence-electron chi connectivity index (χ3n) is 8.01. The lowest BCUT2D eigenvalue weighted by atomic mass is 9.80. The summed E-state index contributed by atoms with van der Waals surface area (Å²) in [6.45, 7) is 0.447. The number of fused-ring (bicyclic) bond motifs is 1. The fourth-order valence-electron chi connectivity index (χ4n) is 5.50. The molecule has 1 N–H and O–H groups in total. The summed E-state index contributed by atoms with van der Waals surface area (Å²) < 4.78 is 61.3. The first-order chi connectivity index (χ1) is 18.7. The first-order valence-corrected chi connectivity index (χ1v) is 15.5. The second-order valence-electron chi connectivity index (χ2n) is 11.0. The minimum absolute atomic E-state index is 0.0120. The molecule has 1 unspecified atom stereocenters. The molecule has 3 fully saturated rings. The van der Waals surface area contributed by atoms with E-state index in [0.717, 1.165) is 56.8 Å². The van der Waals surface area contributed by atoms with Crippen LogP contribution in [0, 0.1) is 5.92 Å². The second kappa shape index (κ2) is 10.2. The molecule has 1 aromatic carbocycles. The highest BCUT2D eigenvalue weighted by molar-refractivity contribution is 7.90. The summed E-state index contributed by atoms with van der Waals surface area (Å²) in [5.41, 5.74) is 2.44. The van der Waals surface area contributed by atoms with Crippen molar-refractivity contribution in [3.63, 3.8) is 0 Å². The molecule has 208 valence electrons. The highest BCUT2D eigenvalue weighted by Crippen LogP contribution is 2.40. The zero-order valence-corrected chi connectivity index (χ0v) is 22.6. The van der Waals surface area contributed by atoms with Crippen LogP contribution in [-0.2, 0) is 25.8 Å². The molecule has 2 saturated carbocycles. The van der Waals surface area contributed by atoms with Crippen molar-refractivity contribution in [2.75, 3.05) is 18.2 Å². The summed E-state index contributed by atoms with van der Waals surface area (Å²) in [6, 6.07) is 6.97. The fraction of sp³-hybridized carbons (Fsp3) is 0.536. The van der Waals surface area contributed by atoms with Crippen LogP contribution in [0.3, 0.4) is 0 Å². The highest BCUT2D eigenvalue weighted by atomic mass is 32.2. The number of imidazole rings is 1. The monoisotopic (exact) mass is 558 g/mol. The van der Waals surface area contributed by atoms with Crippen molar-refractivity contribution >= 4 is 38.2 Å². The van der Waals surface area contributed by atoms with Gasteiger partial charge in [0.1, 0.15) is 17.5 Å². The Bertz CT molecular complexity index is 1520. The largest absolute Gasteiger partial charge is 0.358 e. The SMILES string of the molecule is CS(=O)(=O)c1cc(C2CCC2)ccc1Nc1cc(CC(=O)C2CC2)nc2c1nc(C(F)F)n2C1CCCCO1. The molecule has 1 saturated heterocycles. The number of carbonyl (C=O) groups is 1. The number of nitrogens with zero attached hydrogens (tertiary/aromatic N) is 3. The molecule has 2 aliphatic carbocycles. The van der Waals surface area contributed by atoms with Crippen molar-refractivity contribution in [1.29, 1.82) is 0 Å². The molecule has 1 aliphatic heterocycles. The fourth-order valence-corrected chi connectivity index (χ4v) is 6.37. The van der Waals surface area contributed by atoms with Crippen LogP contribution in [0.2, 0.25) is 0 Å².